The first-order valence-electron chi connectivity index (χ1n) is 9.10. The summed E-state index contributed by atoms with van der Waals surface area (Å²) in [6.45, 7) is 3.53. The van der Waals surface area contributed by atoms with E-state index in [2.05, 4.69) is 15.5 Å². The van der Waals surface area contributed by atoms with Crippen molar-refractivity contribution >= 4 is 17.1 Å². The summed E-state index contributed by atoms with van der Waals surface area (Å²) in [4.78, 5) is 24.9. The number of aromatic nitrogens is 4. The summed E-state index contributed by atoms with van der Waals surface area (Å²) >= 11 is 0. The molecule has 4 aromatic rings. The topological polar surface area (TPSA) is 81.3 Å². The molecular weight excluding hydrogens is 392 g/mol. The van der Waals surface area contributed by atoms with Crippen LogP contribution < -0.4 is 10.9 Å². The molecule has 2 heterocycles. The Morgan fingerprint density at radius 1 is 1.07 bits per heavy atom. The van der Waals surface area contributed by atoms with E-state index in [1.54, 1.807) is 6.07 Å². The van der Waals surface area contributed by atoms with Gasteiger partial charge in [0.15, 0.2) is 0 Å². The minimum absolute atomic E-state index is 0.239. The average Bonchev–Trinajstić information content (AvgIpc) is 3.14. The summed E-state index contributed by atoms with van der Waals surface area (Å²) in [6.07, 6.45) is 1.32. The van der Waals surface area contributed by atoms with Gasteiger partial charge in [0.25, 0.3) is 5.56 Å². The molecule has 9 heteroatoms. The van der Waals surface area contributed by atoms with Gasteiger partial charge in [0, 0.05) is 11.6 Å². The number of anilines is 1. The highest BCUT2D eigenvalue weighted by Crippen LogP contribution is 2.21. The van der Waals surface area contributed by atoms with Crippen LogP contribution in [0.25, 0.3) is 16.8 Å². The van der Waals surface area contributed by atoms with Gasteiger partial charge in [-0.25, -0.2) is 18.0 Å². The summed E-state index contributed by atoms with van der Waals surface area (Å²) in [6, 6.07) is 10.2. The Balaban J connectivity index is 1.61. The summed E-state index contributed by atoms with van der Waals surface area (Å²) in [5, 5.41) is 10.6. The largest absolute Gasteiger partial charge is 0.322 e. The third-order valence-electron chi connectivity index (χ3n) is 4.79. The molecule has 0 unspecified atom stereocenters. The lowest BCUT2D eigenvalue weighted by atomic mass is 10.0. The fourth-order valence-corrected chi connectivity index (χ4v) is 3.01. The fraction of sp³-hybridized carbons (Fsp3) is 0.143. The molecule has 0 saturated heterocycles. The molecule has 1 N–H and O–H groups in total. The van der Waals surface area contributed by atoms with Crippen LogP contribution in [0.4, 0.5) is 14.5 Å². The molecule has 0 fully saturated rings. The van der Waals surface area contributed by atoms with Crippen LogP contribution >= 0.6 is 0 Å². The molecule has 30 heavy (non-hydrogen) atoms. The number of carbonyl (C=O) groups excluding carboxylic acids is 1. The number of nitrogens with zero attached hydrogens (tertiary/aromatic N) is 4. The average molecular weight is 409 g/mol. The highest BCUT2D eigenvalue weighted by molar-refractivity contribution is 5.90. The van der Waals surface area contributed by atoms with Crippen LogP contribution in [0.5, 0.6) is 0 Å². The maximum absolute atomic E-state index is 13.7. The first kappa shape index (κ1) is 19.4. The Morgan fingerprint density at radius 3 is 2.63 bits per heavy atom. The van der Waals surface area contributed by atoms with Crippen LogP contribution in [0.15, 0.2) is 53.6 Å². The van der Waals surface area contributed by atoms with E-state index in [0.717, 1.165) is 39.6 Å². The number of aryl methyl sites for hydroxylation is 2. The molecule has 0 aliphatic heterocycles. The molecule has 0 aliphatic rings. The first-order valence-corrected chi connectivity index (χ1v) is 9.10. The van der Waals surface area contributed by atoms with Crippen molar-refractivity contribution in [3.8, 4) is 11.3 Å². The van der Waals surface area contributed by atoms with Gasteiger partial charge in [0.05, 0.1) is 11.4 Å². The number of hydrogen-bond acceptors (Lipinski definition) is 4. The molecule has 0 bridgehead atoms. The molecule has 2 aromatic carbocycles. The highest BCUT2D eigenvalue weighted by Gasteiger charge is 2.14. The predicted molar refractivity (Wildman–Crippen MR) is 107 cm³/mol. The molecule has 1 amide bonds. The first-order chi connectivity index (χ1) is 14.3. The molecule has 0 aliphatic carbocycles. The van der Waals surface area contributed by atoms with Gasteiger partial charge >= 0.3 is 0 Å². The summed E-state index contributed by atoms with van der Waals surface area (Å²) in [7, 11) is 0. The molecular formula is C21H17F2N5O2. The Hall–Kier alpha value is -3.88. The highest BCUT2D eigenvalue weighted by atomic mass is 19.1. The van der Waals surface area contributed by atoms with Crippen LogP contribution in [-0.4, -0.2) is 25.3 Å². The third-order valence-corrected chi connectivity index (χ3v) is 4.79. The number of halogens is 2. The van der Waals surface area contributed by atoms with Crippen molar-refractivity contribution in [2.24, 2.45) is 0 Å². The van der Waals surface area contributed by atoms with E-state index in [1.807, 2.05) is 32.0 Å². The SMILES string of the molecule is Cc1ccc(-c2cc3c(=O)n(CC(=O)Nc4cc(F)ccc4F)ncn3n2)cc1C. The third kappa shape index (κ3) is 3.69. The van der Waals surface area contributed by atoms with Gasteiger partial charge in [0.2, 0.25) is 5.91 Å². The van der Waals surface area contributed by atoms with Gasteiger partial charge in [-0.1, -0.05) is 12.1 Å². The van der Waals surface area contributed by atoms with Gasteiger partial charge in [-0.05, 0) is 49.2 Å². The van der Waals surface area contributed by atoms with E-state index in [4.69, 9.17) is 0 Å². The predicted octanol–water partition coefficient (Wildman–Crippen LogP) is 3.09. The number of nitrogens with one attached hydrogen (secondary N) is 1. The molecule has 0 saturated carbocycles. The molecule has 152 valence electrons. The van der Waals surface area contributed by atoms with Gasteiger partial charge in [-0.15, -0.1) is 0 Å². The number of fused-ring (bicyclic) bond motifs is 1. The number of carbonyl (C=O) groups is 1. The Labute approximate surface area is 169 Å². The maximum atomic E-state index is 13.7. The quantitative estimate of drug-likeness (QED) is 0.562. The minimum Gasteiger partial charge on any atom is -0.322 e. The monoisotopic (exact) mass is 409 g/mol. The van der Waals surface area contributed by atoms with Crippen LogP contribution in [0.2, 0.25) is 0 Å². The normalized spacial score (nSPS) is 11.1. The van der Waals surface area contributed by atoms with E-state index in [1.165, 1.54) is 10.8 Å². The van der Waals surface area contributed by atoms with Crippen molar-refractivity contribution in [2.45, 2.75) is 20.4 Å². The molecule has 0 atom stereocenters. The fourth-order valence-electron chi connectivity index (χ4n) is 3.01. The zero-order valence-electron chi connectivity index (χ0n) is 16.2. The standard InChI is InChI=1S/C21H17F2N5O2/c1-12-3-4-14(7-13(12)2)17-9-19-21(30)27(24-11-28(19)26-17)10-20(29)25-18-8-15(22)5-6-16(18)23/h3-9,11H,10H2,1-2H3,(H,25,29). The van der Waals surface area contributed by atoms with Crippen LogP contribution in [-0.2, 0) is 11.3 Å². The molecule has 4 rings (SSSR count). The molecule has 2 aromatic heterocycles. The van der Waals surface area contributed by atoms with Crippen molar-refractivity contribution in [2.75, 3.05) is 5.32 Å². The maximum Gasteiger partial charge on any atom is 0.293 e. The Bertz CT molecular complexity index is 1340. The zero-order chi connectivity index (χ0) is 21.4. The number of hydrogen-bond donors (Lipinski definition) is 1. The van der Waals surface area contributed by atoms with E-state index in [9.17, 15) is 18.4 Å². The van der Waals surface area contributed by atoms with Crippen molar-refractivity contribution in [1.82, 2.24) is 19.4 Å². The van der Waals surface area contributed by atoms with E-state index in [0.29, 0.717) is 5.69 Å². The summed E-state index contributed by atoms with van der Waals surface area (Å²) in [5.74, 6) is -2.19. The van der Waals surface area contributed by atoms with Gasteiger partial charge in [-0.2, -0.15) is 10.2 Å². The molecule has 0 spiro atoms. The minimum atomic E-state index is -0.783. The molecule has 0 radical (unpaired) electrons. The van der Waals surface area contributed by atoms with Crippen molar-refractivity contribution in [1.29, 1.82) is 0 Å². The summed E-state index contributed by atoms with van der Waals surface area (Å²) in [5.41, 5.74) is 3.09. The number of rotatable bonds is 4. The van der Waals surface area contributed by atoms with Crippen molar-refractivity contribution in [3.05, 3.63) is 81.9 Å². The van der Waals surface area contributed by atoms with Gasteiger partial charge in [-0.3, -0.25) is 9.59 Å². The lowest BCUT2D eigenvalue weighted by Crippen LogP contribution is -2.30. The second kappa shape index (κ2) is 7.51. The Morgan fingerprint density at radius 2 is 1.87 bits per heavy atom. The molecule has 7 nitrogen and oxygen atoms in total. The lowest BCUT2D eigenvalue weighted by Gasteiger charge is -2.07. The van der Waals surface area contributed by atoms with Gasteiger partial charge in [0.1, 0.15) is 30.0 Å². The smallest absolute Gasteiger partial charge is 0.293 e. The van der Waals surface area contributed by atoms with Gasteiger partial charge < -0.3 is 5.32 Å². The van der Waals surface area contributed by atoms with Crippen LogP contribution in [0.1, 0.15) is 11.1 Å². The van der Waals surface area contributed by atoms with Crippen LogP contribution in [0.3, 0.4) is 0 Å². The number of amides is 1. The second-order valence-corrected chi connectivity index (χ2v) is 6.92. The van der Waals surface area contributed by atoms with E-state index < -0.39 is 29.6 Å². The summed E-state index contributed by atoms with van der Waals surface area (Å²) < 4.78 is 29.2. The zero-order valence-corrected chi connectivity index (χ0v) is 16.2. The van der Waals surface area contributed by atoms with Crippen molar-refractivity contribution in [3.63, 3.8) is 0 Å². The second-order valence-electron chi connectivity index (χ2n) is 6.92. The van der Waals surface area contributed by atoms with Crippen LogP contribution in [0, 0.1) is 25.5 Å². The lowest BCUT2D eigenvalue weighted by molar-refractivity contribution is -0.117. The van der Waals surface area contributed by atoms with Crippen molar-refractivity contribution < 1.29 is 13.6 Å². The number of benzene rings is 2. The van der Waals surface area contributed by atoms with E-state index in [-0.39, 0.29) is 11.2 Å². The Kier molecular flexibility index (Phi) is 4.86. The van der Waals surface area contributed by atoms with E-state index >= 15 is 0 Å².